The minimum absolute atomic E-state index is 0.00306. The van der Waals surface area contributed by atoms with Crippen molar-refractivity contribution in [3.8, 4) is 0 Å². The van der Waals surface area contributed by atoms with Crippen LogP contribution in [0, 0.1) is 0 Å². The Balaban J connectivity index is 1.77. The number of rotatable bonds is 3. The number of sulfone groups is 1. The molecule has 0 radical (unpaired) electrons. The molecule has 0 N–H and O–H groups in total. The van der Waals surface area contributed by atoms with Gasteiger partial charge < -0.3 is 4.90 Å². The van der Waals surface area contributed by atoms with E-state index >= 15 is 0 Å². The topological polar surface area (TPSA) is 54.5 Å². The van der Waals surface area contributed by atoms with Gasteiger partial charge in [-0.2, -0.15) is 0 Å². The fourth-order valence-electron chi connectivity index (χ4n) is 3.30. The molecule has 0 aromatic heterocycles. The quantitative estimate of drug-likeness (QED) is 0.779. The highest BCUT2D eigenvalue weighted by Gasteiger charge is 2.32. The molecule has 2 aromatic rings. The van der Waals surface area contributed by atoms with Crippen molar-refractivity contribution in [2.45, 2.75) is 18.6 Å². The summed E-state index contributed by atoms with van der Waals surface area (Å²) in [4.78, 5) is 14.4. The van der Waals surface area contributed by atoms with Crippen LogP contribution in [0.3, 0.4) is 0 Å². The molecule has 1 saturated heterocycles. The first kappa shape index (κ1) is 18.4. The summed E-state index contributed by atoms with van der Waals surface area (Å²) in [7, 11) is -3.28. The molecule has 1 aliphatic heterocycles. The minimum atomic E-state index is -3.28. The summed E-state index contributed by atoms with van der Waals surface area (Å²) in [6.45, 7) is 2.46. The Labute approximate surface area is 155 Å². The van der Waals surface area contributed by atoms with E-state index in [0.717, 1.165) is 11.1 Å². The average Bonchev–Trinajstić information content (AvgIpc) is 2.80. The fourth-order valence-corrected chi connectivity index (χ4v) is 5.10. The molecule has 5 heteroatoms. The summed E-state index contributed by atoms with van der Waals surface area (Å²) in [5, 5.41) is -0.542. The van der Waals surface area contributed by atoms with Gasteiger partial charge in [0.15, 0.2) is 9.84 Å². The van der Waals surface area contributed by atoms with E-state index in [-0.39, 0.29) is 18.2 Å². The molecule has 0 spiro atoms. The Hall–Kier alpha value is -2.40. The third-order valence-corrected chi connectivity index (χ3v) is 6.85. The molecule has 26 heavy (non-hydrogen) atoms. The Bertz CT molecular complexity index is 889. The zero-order valence-corrected chi connectivity index (χ0v) is 15.7. The van der Waals surface area contributed by atoms with Crippen molar-refractivity contribution in [2.75, 3.05) is 18.8 Å². The molecule has 0 aliphatic carbocycles. The number of amides is 1. The Morgan fingerprint density at radius 3 is 2.27 bits per heavy atom. The second-order valence-corrected chi connectivity index (χ2v) is 8.89. The third kappa shape index (κ3) is 4.22. The molecule has 1 heterocycles. The SMILES string of the molecule is CC(=Cc1ccccc1)C(=O)N1CCC(c2ccccc2)S(=O)(=O)CC1. The average molecular weight is 369 g/mol. The Kier molecular flexibility index (Phi) is 5.57. The molecular formula is C21H23NO3S. The van der Waals surface area contributed by atoms with Gasteiger partial charge in [-0.25, -0.2) is 8.42 Å². The lowest BCUT2D eigenvalue weighted by Crippen LogP contribution is -2.34. The van der Waals surface area contributed by atoms with Crippen LogP contribution in [0.15, 0.2) is 66.2 Å². The van der Waals surface area contributed by atoms with Crippen LogP contribution < -0.4 is 0 Å². The zero-order chi connectivity index (χ0) is 18.6. The summed E-state index contributed by atoms with van der Waals surface area (Å²) < 4.78 is 25.4. The molecule has 136 valence electrons. The lowest BCUT2D eigenvalue weighted by Gasteiger charge is -2.20. The molecule has 1 fully saturated rings. The first-order valence-corrected chi connectivity index (χ1v) is 10.5. The van der Waals surface area contributed by atoms with Crippen molar-refractivity contribution >= 4 is 21.8 Å². The summed E-state index contributed by atoms with van der Waals surface area (Å²) >= 11 is 0. The molecule has 0 bridgehead atoms. The molecular weight excluding hydrogens is 346 g/mol. The van der Waals surface area contributed by atoms with Crippen molar-refractivity contribution in [3.05, 3.63) is 77.4 Å². The van der Waals surface area contributed by atoms with E-state index in [4.69, 9.17) is 0 Å². The van der Waals surface area contributed by atoms with Crippen LogP contribution in [0.2, 0.25) is 0 Å². The van der Waals surface area contributed by atoms with Gasteiger partial charge in [-0.1, -0.05) is 60.7 Å². The van der Waals surface area contributed by atoms with Gasteiger partial charge >= 0.3 is 0 Å². The maximum Gasteiger partial charge on any atom is 0.249 e. The van der Waals surface area contributed by atoms with Crippen LogP contribution in [0.1, 0.15) is 29.7 Å². The highest BCUT2D eigenvalue weighted by atomic mass is 32.2. The van der Waals surface area contributed by atoms with Crippen LogP contribution in [-0.2, 0) is 14.6 Å². The summed E-state index contributed by atoms with van der Waals surface area (Å²) in [5.41, 5.74) is 2.38. The van der Waals surface area contributed by atoms with E-state index in [2.05, 4.69) is 0 Å². The van der Waals surface area contributed by atoms with Crippen LogP contribution >= 0.6 is 0 Å². The first-order valence-electron chi connectivity index (χ1n) is 8.76. The molecule has 4 nitrogen and oxygen atoms in total. The van der Waals surface area contributed by atoms with Gasteiger partial charge in [0, 0.05) is 18.7 Å². The van der Waals surface area contributed by atoms with Crippen molar-refractivity contribution in [1.82, 2.24) is 4.90 Å². The Morgan fingerprint density at radius 1 is 1.00 bits per heavy atom. The van der Waals surface area contributed by atoms with Crippen LogP contribution in [0.4, 0.5) is 0 Å². The van der Waals surface area contributed by atoms with Crippen molar-refractivity contribution in [3.63, 3.8) is 0 Å². The molecule has 3 rings (SSSR count). The molecule has 1 amide bonds. The number of hydrogen-bond acceptors (Lipinski definition) is 3. The fraction of sp³-hybridized carbons (Fsp3) is 0.286. The van der Waals surface area contributed by atoms with Gasteiger partial charge in [-0.05, 0) is 30.5 Å². The smallest absolute Gasteiger partial charge is 0.249 e. The molecule has 1 aliphatic rings. The van der Waals surface area contributed by atoms with E-state index in [0.29, 0.717) is 18.5 Å². The van der Waals surface area contributed by atoms with E-state index < -0.39 is 15.1 Å². The summed E-state index contributed by atoms with van der Waals surface area (Å²) in [6, 6.07) is 18.9. The lowest BCUT2D eigenvalue weighted by atomic mass is 10.1. The normalized spacial score (nSPS) is 20.4. The molecule has 0 saturated carbocycles. The van der Waals surface area contributed by atoms with E-state index in [1.807, 2.05) is 66.7 Å². The predicted octanol–water partition coefficient (Wildman–Crippen LogP) is 3.48. The largest absolute Gasteiger partial charge is 0.338 e. The van der Waals surface area contributed by atoms with Crippen molar-refractivity contribution in [2.24, 2.45) is 0 Å². The van der Waals surface area contributed by atoms with Crippen LogP contribution in [0.25, 0.3) is 6.08 Å². The first-order chi connectivity index (χ1) is 12.5. The standard InChI is InChI=1S/C21H23NO3S/c1-17(16-18-8-4-2-5-9-18)21(23)22-13-12-20(26(24,25)15-14-22)19-10-6-3-7-11-19/h2-11,16,20H,12-15H2,1H3. The number of nitrogens with zero attached hydrogens (tertiary/aromatic N) is 1. The highest BCUT2D eigenvalue weighted by molar-refractivity contribution is 7.91. The van der Waals surface area contributed by atoms with Gasteiger partial charge in [-0.15, -0.1) is 0 Å². The summed E-state index contributed by atoms with van der Waals surface area (Å²) in [5.74, 6) is -0.102. The third-order valence-electron chi connectivity index (χ3n) is 4.72. The Morgan fingerprint density at radius 2 is 1.62 bits per heavy atom. The van der Waals surface area contributed by atoms with E-state index in [9.17, 15) is 13.2 Å². The van der Waals surface area contributed by atoms with E-state index in [1.54, 1.807) is 11.8 Å². The number of hydrogen-bond donors (Lipinski definition) is 0. The predicted molar refractivity (Wildman–Crippen MR) is 104 cm³/mol. The highest BCUT2D eigenvalue weighted by Crippen LogP contribution is 2.29. The zero-order valence-electron chi connectivity index (χ0n) is 14.8. The van der Waals surface area contributed by atoms with E-state index in [1.165, 1.54) is 0 Å². The minimum Gasteiger partial charge on any atom is -0.338 e. The molecule has 2 aromatic carbocycles. The van der Waals surface area contributed by atoms with Gasteiger partial charge in [-0.3, -0.25) is 4.79 Å². The summed E-state index contributed by atoms with van der Waals surface area (Å²) in [6.07, 6.45) is 2.27. The van der Waals surface area contributed by atoms with Crippen LogP contribution in [-0.4, -0.2) is 38.1 Å². The monoisotopic (exact) mass is 369 g/mol. The van der Waals surface area contributed by atoms with Gasteiger partial charge in [0.05, 0.1) is 11.0 Å². The second-order valence-electron chi connectivity index (χ2n) is 6.59. The maximum absolute atomic E-state index is 12.8. The van der Waals surface area contributed by atoms with Gasteiger partial charge in [0.2, 0.25) is 5.91 Å². The van der Waals surface area contributed by atoms with Crippen molar-refractivity contribution < 1.29 is 13.2 Å². The van der Waals surface area contributed by atoms with Crippen LogP contribution in [0.5, 0.6) is 0 Å². The lowest BCUT2D eigenvalue weighted by molar-refractivity contribution is -0.126. The van der Waals surface area contributed by atoms with Gasteiger partial charge in [0.1, 0.15) is 0 Å². The second kappa shape index (κ2) is 7.87. The number of carbonyl (C=O) groups is 1. The maximum atomic E-state index is 12.8. The molecule has 1 atom stereocenters. The number of benzene rings is 2. The van der Waals surface area contributed by atoms with Gasteiger partial charge in [0.25, 0.3) is 0 Å². The molecule has 1 unspecified atom stereocenters. The van der Waals surface area contributed by atoms with Crippen molar-refractivity contribution in [1.29, 1.82) is 0 Å². The number of carbonyl (C=O) groups excluding carboxylic acids is 1.